The van der Waals surface area contributed by atoms with Crippen LogP contribution in [-0.2, 0) is 6.42 Å². The van der Waals surface area contributed by atoms with Crippen LogP contribution >= 0.6 is 11.8 Å². The summed E-state index contributed by atoms with van der Waals surface area (Å²) in [6, 6.07) is 8.03. The minimum Gasteiger partial charge on any atom is -0.387 e. The Morgan fingerprint density at radius 2 is 2.25 bits per heavy atom. The van der Waals surface area contributed by atoms with Gasteiger partial charge in [0.15, 0.2) is 0 Å². The van der Waals surface area contributed by atoms with Crippen molar-refractivity contribution < 1.29 is 5.11 Å². The van der Waals surface area contributed by atoms with Gasteiger partial charge in [-0.1, -0.05) is 18.2 Å². The molecule has 16 heavy (non-hydrogen) atoms. The molecule has 3 rings (SSSR count). The number of imidazole rings is 1. The number of benzene rings is 1. The molecule has 2 unspecified atom stereocenters. The second-order valence-corrected chi connectivity index (χ2v) is 5.16. The van der Waals surface area contributed by atoms with Crippen LogP contribution in [0.3, 0.4) is 0 Å². The molecule has 82 valence electrons. The standard InChI is InChI=1S/C12H12N2OS/c15-12-8-3-1-2-4-9(8)16-10(12)7-11-13-5-6-14-11/h1-6,10,12,15H,7H2,(H,13,14). The summed E-state index contributed by atoms with van der Waals surface area (Å²) >= 11 is 1.73. The maximum Gasteiger partial charge on any atom is 0.107 e. The average molecular weight is 232 g/mol. The van der Waals surface area contributed by atoms with Crippen molar-refractivity contribution in [2.45, 2.75) is 22.7 Å². The largest absolute Gasteiger partial charge is 0.387 e. The number of fused-ring (bicyclic) bond motifs is 1. The molecule has 0 amide bonds. The molecule has 0 saturated carbocycles. The molecule has 1 aliphatic rings. The normalized spacial score (nSPS) is 23.3. The number of nitrogens with zero attached hydrogens (tertiary/aromatic N) is 1. The van der Waals surface area contributed by atoms with E-state index >= 15 is 0 Å². The van der Waals surface area contributed by atoms with Gasteiger partial charge in [-0.3, -0.25) is 0 Å². The Morgan fingerprint density at radius 1 is 1.38 bits per heavy atom. The van der Waals surface area contributed by atoms with E-state index in [1.54, 1.807) is 18.0 Å². The number of H-pyrrole nitrogens is 1. The monoisotopic (exact) mass is 232 g/mol. The average Bonchev–Trinajstić information content (AvgIpc) is 2.90. The zero-order valence-electron chi connectivity index (χ0n) is 8.63. The first-order chi connectivity index (χ1) is 7.84. The summed E-state index contributed by atoms with van der Waals surface area (Å²) < 4.78 is 0. The van der Waals surface area contributed by atoms with E-state index in [-0.39, 0.29) is 11.4 Å². The smallest absolute Gasteiger partial charge is 0.107 e. The Morgan fingerprint density at radius 3 is 3.00 bits per heavy atom. The van der Waals surface area contributed by atoms with Crippen molar-refractivity contribution in [1.82, 2.24) is 9.97 Å². The van der Waals surface area contributed by atoms with Crippen LogP contribution in [0.15, 0.2) is 41.6 Å². The van der Waals surface area contributed by atoms with E-state index in [9.17, 15) is 5.11 Å². The van der Waals surface area contributed by atoms with E-state index < -0.39 is 0 Å². The molecule has 1 aliphatic heterocycles. The number of hydrogen-bond acceptors (Lipinski definition) is 3. The summed E-state index contributed by atoms with van der Waals surface area (Å²) in [5.41, 5.74) is 1.05. The Labute approximate surface area is 97.9 Å². The number of aliphatic hydroxyl groups excluding tert-OH is 1. The lowest BCUT2D eigenvalue weighted by molar-refractivity contribution is 0.175. The minimum absolute atomic E-state index is 0.170. The second-order valence-electron chi connectivity index (χ2n) is 3.88. The summed E-state index contributed by atoms with van der Waals surface area (Å²) in [7, 11) is 0. The Hall–Kier alpha value is -1.26. The van der Waals surface area contributed by atoms with Crippen molar-refractivity contribution in [2.24, 2.45) is 0 Å². The van der Waals surface area contributed by atoms with Gasteiger partial charge in [0.25, 0.3) is 0 Å². The third-order valence-corrected chi connectivity index (χ3v) is 4.17. The van der Waals surface area contributed by atoms with E-state index in [0.29, 0.717) is 0 Å². The van der Waals surface area contributed by atoms with Crippen LogP contribution in [-0.4, -0.2) is 20.3 Å². The molecular weight excluding hydrogens is 220 g/mol. The van der Waals surface area contributed by atoms with Crippen molar-refractivity contribution in [2.75, 3.05) is 0 Å². The molecule has 1 aromatic carbocycles. The highest BCUT2D eigenvalue weighted by Gasteiger charge is 2.31. The van der Waals surface area contributed by atoms with Crippen LogP contribution in [0.5, 0.6) is 0 Å². The van der Waals surface area contributed by atoms with Crippen molar-refractivity contribution in [3.8, 4) is 0 Å². The molecule has 0 bridgehead atoms. The maximum atomic E-state index is 10.2. The highest BCUT2D eigenvalue weighted by molar-refractivity contribution is 8.00. The second kappa shape index (κ2) is 3.96. The molecule has 2 atom stereocenters. The van der Waals surface area contributed by atoms with Crippen molar-refractivity contribution in [3.63, 3.8) is 0 Å². The van der Waals surface area contributed by atoms with E-state index in [1.165, 1.54) is 4.90 Å². The predicted octanol–water partition coefficient (Wildman–Crippen LogP) is 2.16. The zero-order valence-corrected chi connectivity index (χ0v) is 9.45. The summed E-state index contributed by atoms with van der Waals surface area (Å²) in [5, 5.41) is 10.3. The Kier molecular flexibility index (Phi) is 2.46. The molecule has 0 fully saturated rings. The SMILES string of the molecule is OC1c2ccccc2SC1Cc1ncc[nH]1. The van der Waals surface area contributed by atoms with Crippen molar-refractivity contribution in [3.05, 3.63) is 48.0 Å². The fourth-order valence-electron chi connectivity index (χ4n) is 2.01. The molecule has 2 aromatic rings. The van der Waals surface area contributed by atoms with Crippen LogP contribution in [0.25, 0.3) is 0 Å². The van der Waals surface area contributed by atoms with E-state index in [2.05, 4.69) is 16.0 Å². The summed E-state index contributed by atoms with van der Waals surface area (Å²) in [6.07, 6.45) is 3.95. The van der Waals surface area contributed by atoms with Crippen LogP contribution < -0.4 is 0 Å². The van der Waals surface area contributed by atoms with Gasteiger partial charge in [0, 0.05) is 29.0 Å². The lowest BCUT2D eigenvalue weighted by Gasteiger charge is -2.12. The lowest BCUT2D eigenvalue weighted by atomic mass is 10.1. The van der Waals surface area contributed by atoms with Gasteiger partial charge < -0.3 is 10.1 Å². The summed E-state index contributed by atoms with van der Waals surface area (Å²) in [5.74, 6) is 0.935. The fraction of sp³-hybridized carbons (Fsp3) is 0.250. The highest BCUT2D eigenvalue weighted by Crippen LogP contribution is 2.44. The molecule has 1 aromatic heterocycles. The van der Waals surface area contributed by atoms with Gasteiger partial charge in [-0.05, 0) is 11.6 Å². The summed E-state index contributed by atoms with van der Waals surface area (Å²) in [6.45, 7) is 0. The number of thioether (sulfide) groups is 1. The first-order valence-corrected chi connectivity index (χ1v) is 6.14. The molecule has 0 aliphatic carbocycles. The number of hydrogen-bond donors (Lipinski definition) is 2. The molecule has 0 saturated heterocycles. The lowest BCUT2D eigenvalue weighted by Crippen LogP contribution is -2.13. The molecule has 2 N–H and O–H groups in total. The molecule has 0 spiro atoms. The van der Waals surface area contributed by atoms with Crippen LogP contribution in [0.1, 0.15) is 17.5 Å². The van der Waals surface area contributed by atoms with Gasteiger partial charge in [0.1, 0.15) is 5.82 Å². The maximum absolute atomic E-state index is 10.2. The minimum atomic E-state index is -0.383. The van der Waals surface area contributed by atoms with E-state index in [0.717, 1.165) is 17.8 Å². The quantitative estimate of drug-likeness (QED) is 0.834. The van der Waals surface area contributed by atoms with Crippen LogP contribution in [0, 0.1) is 0 Å². The van der Waals surface area contributed by atoms with Crippen LogP contribution in [0.4, 0.5) is 0 Å². The van der Waals surface area contributed by atoms with E-state index in [4.69, 9.17) is 0 Å². The first kappa shape index (κ1) is 9.93. The number of nitrogens with one attached hydrogen (secondary N) is 1. The predicted molar refractivity (Wildman–Crippen MR) is 63.3 cm³/mol. The van der Waals surface area contributed by atoms with Gasteiger partial charge in [0.05, 0.1) is 6.10 Å². The number of rotatable bonds is 2. The molecular formula is C12H12N2OS. The van der Waals surface area contributed by atoms with Crippen LogP contribution in [0.2, 0.25) is 0 Å². The molecule has 4 heteroatoms. The fourth-order valence-corrected chi connectivity index (χ4v) is 3.34. The number of aromatic nitrogens is 2. The van der Waals surface area contributed by atoms with Crippen molar-refractivity contribution >= 4 is 11.8 Å². The van der Waals surface area contributed by atoms with E-state index in [1.807, 2.05) is 24.4 Å². The number of aromatic amines is 1. The molecule has 2 heterocycles. The van der Waals surface area contributed by atoms with Gasteiger partial charge >= 0.3 is 0 Å². The van der Waals surface area contributed by atoms with Gasteiger partial charge in [-0.25, -0.2) is 4.98 Å². The third-order valence-electron chi connectivity index (χ3n) is 2.82. The topological polar surface area (TPSA) is 48.9 Å². The summed E-state index contributed by atoms with van der Waals surface area (Å²) in [4.78, 5) is 8.46. The molecule has 3 nitrogen and oxygen atoms in total. The first-order valence-electron chi connectivity index (χ1n) is 5.26. The zero-order chi connectivity index (χ0) is 11.0. The van der Waals surface area contributed by atoms with Gasteiger partial charge in [-0.2, -0.15) is 0 Å². The number of aliphatic hydroxyl groups is 1. The third kappa shape index (κ3) is 1.64. The van der Waals surface area contributed by atoms with Gasteiger partial charge in [-0.15, -0.1) is 11.8 Å². The Balaban J connectivity index is 1.82. The van der Waals surface area contributed by atoms with Gasteiger partial charge in [0.2, 0.25) is 0 Å². The molecule has 0 radical (unpaired) electrons. The Bertz CT molecular complexity index is 482. The highest BCUT2D eigenvalue weighted by atomic mass is 32.2. The van der Waals surface area contributed by atoms with Crippen molar-refractivity contribution in [1.29, 1.82) is 0 Å².